The number of unbranched alkanes of at least 4 members (excludes halogenated alkanes) is 5. The van der Waals surface area contributed by atoms with Crippen molar-refractivity contribution < 1.29 is 19.4 Å². The van der Waals surface area contributed by atoms with Crippen LogP contribution in [-0.2, 0) is 14.3 Å². The first-order chi connectivity index (χ1) is 11.6. The standard InChI is InChI=1S/C20H38O4/c1-3-5-7-11-18(12-8-6-4-2)14-16-24-20(23)17-19(22)13-9-10-15-21/h18,21H,3-17H2,1-2H3. The molecular weight excluding hydrogens is 304 g/mol. The molecule has 1 N–H and O–H groups in total. The third kappa shape index (κ3) is 14.7. The van der Waals surface area contributed by atoms with Crippen molar-refractivity contribution in [3.8, 4) is 0 Å². The molecule has 142 valence electrons. The van der Waals surface area contributed by atoms with Gasteiger partial charge in [-0.15, -0.1) is 0 Å². The predicted octanol–water partition coefficient (Wildman–Crippen LogP) is 4.82. The average molecular weight is 343 g/mol. The summed E-state index contributed by atoms with van der Waals surface area (Å²) in [6, 6.07) is 0. The van der Waals surface area contributed by atoms with Gasteiger partial charge in [-0.2, -0.15) is 0 Å². The van der Waals surface area contributed by atoms with Crippen LogP contribution < -0.4 is 0 Å². The first kappa shape index (κ1) is 23.1. The molecular formula is C20H38O4. The highest BCUT2D eigenvalue weighted by atomic mass is 16.5. The quantitative estimate of drug-likeness (QED) is 0.234. The molecule has 0 atom stereocenters. The minimum Gasteiger partial charge on any atom is -0.465 e. The molecule has 0 rings (SSSR count). The zero-order chi connectivity index (χ0) is 18.0. The second kappa shape index (κ2) is 16.9. The molecule has 24 heavy (non-hydrogen) atoms. The van der Waals surface area contributed by atoms with Crippen LogP contribution in [0.3, 0.4) is 0 Å². The van der Waals surface area contributed by atoms with E-state index in [4.69, 9.17) is 9.84 Å². The number of hydrogen-bond acceptors (Lipinski definition) is 4. The molecule has 0 saturated heterocycles. The summed E-state index contributed by atoms with van der Waals surface area (Å²) in [4.78, 5) is 23.3. The fourth-order valence-corrected chi connectivity index (χ4v) is 2.87. The highest BCUT2D eigenvalue weighted by molar-refractivity contribution is 5.95. The summed E-state index contributed by atoms with van der Waals surface area (Å²) in [5.41, 5.74) is 0. The van der Waals surface area contributed by atoms with Crippen LogP contribution >= 0.6 is 0 Å². The largest absolute Gasteiger partial charge is 0.465 e. The van der Waals surface area contributed by atoms with Gasteiger partial charge in [0.25, 0.3) is 0 Å². The highest BCUT2D eigenvalue weighted by Gasteiger charge is 2.13. The molecule has 0 aliphatic heterocycles. The molecule has 0 aliphatic rings. The second-order valence-corrected chi connectivity index (χ2v) is 6.76. The molecule has 0 aromatic carbocycles. The second-order valence-electron chi connectivity index (χ2n) is 6.76. The van der Waals surface area contributed by atoms with Crippen molar-refractivity contribution in [3.05, 3.63) is 0 Å². The smallest absolute Gasteiger partial charge is 0.313 e. The van der Waals surface area contributed by atoms with E-state index >= 15 is 0 Å². The number of rotatable bonds is 17. The molecule has 0 fully saturated rings. The minimum absolute atomic E-state index is 0.0871. The number of carbonyl (C=O) groups is 2. The number of hydrogen-bond donors (Lipinski definition) is 1. The number of Topliss-reactive ketones (excluding diaryl/α,β-unsaturated/α-hetero) is 1. The van der Waals surface area contributed by atoms with Gasteiger partial charge in [-0.3, -0.25) is 9.59 Å². The van der Waals surface area contributed by atoms with Gasteiger partial charge in [0.05, 0.1) is 6.61 Å². The van der Waals surface area contributed by atoms with Crippen molar-refractivity contribution in [1.82, 2.24) is 0 Å². The predicted molar refractivity (Wildman–Crippen MR) is 97.9 cm³/mol. The van der Waals surface area contributed by atoms with Crippen molar-refractivity contribution in [2.24, 2.45) is 5.92 Å². The number of aliphatic hydroxyl groups is 1. The Morgan fingerprint density at radius 2 is 1.50 bits per heavy atom. The van der Waals surface area contributed by atoms with E-state index in [1.54, 1.807) is 0 Å². The van der Waals surface area contributed by atoms with Crippen LogP contribution in [0.2, 0.25) is 0 Å². The van der Waals surface area contributed by atoms with Gasteiger partial charge < -0.3 is 9.84 Å². The summed E-state index contributed by atoms with van der Waals surface area (Å²) < 4.78 is 5.25. The third-order valence-corrected chi connectivity index (χ3v) is 4.43. The summed E-state index contributed by atoms with van der Waals surface area (Å²) in [6.45, 7) is 4.96. The van der Waals surface area contributed by atoms with E-state index in [0.29, 0.717) is 31.8 Å². The Bertz CT molecular complexity index is 305. The van der Waals surface area contributed by atoms with Gasteiger partial charge in [-0.05, 0) is 25.2 Å². The molecule has 0 spiro atoms. The molecule has 0 aliphatic carbocycles. The van der Waals surface area contributed by atoms with E-state index in [-0.39, 0.29) is 18.8 Å². The maximum atomic E-state index is 11.7. The Labute approximate surface area is 148 Å². The maximum absolute atomic E-state index is 11.7. The Kier molecular flexibility index (Phi) is 16.3. The Morgan fingerprint density at radius 1 is 0.875 bits per heavy atom. The zero-order valence-corrected chi connectivity index (χ0v) is 15.9. The van der Waals surface area contributed by atoms with E-state index in [0.717, 1.165) is 6.42 Å². The van der Waals surface area contributed by atoms with E-state index in [9.17, 15) is 9.59 Å². The van der Waals surface area contributed by atoms with E-state index < -0.39 is 5.97 Å². The fraction of sp³-hybridized carbons (Fsp3) is 0.900. The molecule has 4 nitrogen and oxygen atoms in total. The Balaban J connectivity index is 3.92. The van der Waals surface area contributed by atoms with E-state index in [1.807, 2.05) is 0 Å². The van der Waals surface area contributed by atoms with Crippen LogP contribution in [0.1, 0.15) is 97.3 Å². The van der Waals surface area contributed by atoms with Gasteiger partial charge in [0, 0.05) is 13.0 Å². The van der Waals surface area contributed by atoms with E-state index in [2.05, 4.69) is 13.8 Å². The summed E-state index contributed by atoms with van der Waals surface area (Å²) in [7, 11) is 0. The summed E-state index contributed by atoms with van der Waals surface area (Å²) >= 11 is 0. The molecule has 0 unspecified atom stereocenters. The number of ether oxygens (including phenoxy) is 1. The van der Waals surface area contributed by atoms with Crippen molar-refractivity contribution in [3.63, 3.8) is 0 Å². The van der Waals surface area contributed by atoms with Gasteiger partial charge >= 0.3 is 5.97 Å². The lowest BCUT2D eigenvalue weighted by atomic mass is 9.92. The molecule has 0 saturated carbocycles. The molecule has 4 heteroatoms. The SMILES string of the molecule is CCCCCC(CCCCC)CCOC(=O)CC(=O)CCCCO. The fourth-order valence-electron chi connectivity index (χ4n) is 2.87. The van der Waals surface area contributed by atoms with Gasteiger partial charge in [0.15, 0.2) is 0 Å². The van der Waals surface area contributed by atoms with Crippen molar-refractivity contribution in [2.45, 2.75) is 97.3 Å². The van der Waals surface area contributed by atoms with Crippen molar-refractivity contribution in [2.75, 3.05) is 13.2 Å². The first-order valence-corrected chi connectivity index (χ1v) is 9.92. The van der Waals surface area contributed by atoms with Gasteiger partial charge in [-0.1, -0.05) is 65.2 Å². The van der Waals surface area contributed by atoms with Crippen LogP contribution in [0, 0.1) is 5.92 Å². The highest BCUT2D eigenvalue weighted by Crippen LogP contribution is 2.21. The van der Waals surface area contributed by atoms with Crippen LogP contribution in [0.5, 0.6) is 0 Å². The summed E-state index contributed by atoms with van der Waals surface area (Å²) in [5.74, 6) is 0.150. The molecule has 0 radical (unpaired) electrons. The van der Waals surface area contributed by atoms with Gasteiger partial charge in [0.1, 0.15) is 12.2 Å². The lowest BCUT2D eigenvalue weighted by Crippen LogP contribution is -2.14. The van der Waals surface area contributed by atoms with Crippen molar-refractivity contribution in [1.29, 1.82) is 0 Å². The van der Waals surface area contributed by atoms with Crippen LogP contribution in [-0.4, -0.2) is 30.1 Å². The molecule has 0 amide bonds. The monoisotopic (exact) mass is 342 g/mol. The lowest BCUT2D eigenvalue weighted by Gasteiger charge is -2.16. The topological polar surface area (TPSA) is 63.6 Å². The van der Waals surface area contributed by atoms with Gasteiger partial charge in [-0.25, -0.2) is 0 Å². The summed E-state index contributed by atoms with van der Waals surface area (Å²) in [5, 5.41) is 8.68. The first-order valence-electron chi connectivity index (χ1n) is 9.92. The Morgan fingerprint density at radius 3 is 2.04 bits per heavy atom. The number of carbonyl (C=O) groups excluding carboxylic acids is 2. The normalized spacial score (nSPS) is 11.0. The van der Waals surface area contributed by atoms with Crippen molar-refractivity contribution >= 4 is 11.8 Å². The average Bonchev–Trinajstić information content (AvgIpc) is 2.55. The maximum Gasteiger partial charge on any atom is 0.313 e. The molecule has 0 aromatic rings. The molecule has 0 bridgehead atoms. The number of esters is 1. The van der Waals surface area contributed by atoms with Gasteiger partial charge in [0.2, 0.25) is 0 Å². The van der Waals surface area contributed by atoms with Crippen LogP contribution in [0.25, 0.3) is 0 Å². The molecule has 0 heterocycles. The Hall–Kier alpha value is -0.900. The van der Waals surface area contributed by atoms with Crippen LogP contribution in [0.4, 0.5) is 0 Å². The number of aliphatic hydroxyl groups excluding tert-OH is 1. The molecule has 0 aromatic heterocycles. The number of ketones is 1. The zero-order valence-electron chi connectivity index (χ0n) is 15.9. The minimum atomic E-state index is -0.398. The van der Waals surface area contributed by atoms with E-state index in [1.165, 1.54) is 51.4 Å². The summed E-state index contributed by atoms with van der Waals surface area (Å²) in [6.07, 6.45) is 12.3. The van der Waals surface area contributed by atoms with Crippen LogP contribution in [0.15, 0.2) is 0 Å². The third-order valence-electron chi connectivity index (χ3n) is 4.43. The lowest BCUT2D eigenvalue weighted by molar-refractivity contribution is -0.146.